The second-order valence-corrected chi connectivity index (χ2v) is 5.04. The number of carbonyl (C=O) groups is 3. The van der Waals surface area contributed by atoms with E-state index in [1.54, 1.807) is 6.92 Å². The fraction of sp³-hybridized carbons (Fsp3) is 0.750. The van der Waals surface area contributed by atoms with Gasteiger partial charge in [0, 0.05) is 12.5 Å². The first-order valence-electron chi connectivity index (χ1n) is 6.00. The van der Waals surface area contributed by atoms with E-state index >= 15 is 0 Å². The molecule has 0 rings (SSSR count). The molecule has 0 aromatic carbocycles. The first-order valence-corrected chi connectivity index (χ1v) is 7.15. The van der Waals surface area contributed by atoms with Crippen molar-refractivity contribution < 1.29 is 19.1 Å². The molecule has 0 aliphatic rings. The fourth-order valence-electron chi connectivity index (χ4n) is 1.17. The summed E-state index contributed by atoms with van der Waals surface area (Å²) in [5.41, 5.74) is 0. The number of Topliss-reactive ketones (excluding diaryl/α,β-unsaturated/α-hetero) is 1. The van der Waals surface area contributed by atoms with Crippen molar-refractivity contribution >= 4 is 29.4 Å². The summed E-state index contributed by atoms with van der Waals surface area (Å²) >= 11 is 1.26. The van der Waals surface area contributed by atoms with Crippen LogP contribution in [0, 0.1) is 0 Å². The maximum Gasteiger partial charge on any atom is 0.306 e. The van der Waals surface area contributed by atoms with E-state index in [1.807, 2.05) is 13.8 Å². The number of thioether (sulfide) groups is 1. The van der Waals surface area contributed by atoms with Gasteiger partial charge in [0.05, 0.1) is 24.5 Å². The van der Waals surface area contributed by atoms with Crippen LogP contribution in [0.3, 0.4) is 0 Å². The van der Waals surface area contributed by atoms with E-state index in [4.69, 9.17) is 4.74 Å². The highest BCUT2D eigenvalue weighted by atomic mass is 32.2. The Balaban J connectivity index is 3.59. The fourth-order valence-corrected chi connectivity index (χ4v) is 1.91. The number of amides is 1. The summed E-state index contributed by atoms with van der Waals surface area (Å²) in [6.45, 7) is 5.82. The number of ether oxygens (including phenoxy) is 1. The van der Waals surface area contributed by atoms with Crippen LogP contribution in [0.1, 0.15) is 33.6 Å². The zero-order valence-electron chi connectivity index (χ0n) is 11.2. The molecule has 5 nitrogen and oxygen atoms in total. The number of rotatable bonds is 9. The lowest BCUT2D eigenvalue weighted by molar-refractivity contribution is -0.144. The highest BCUT2D eigenvalue weighted by Gasteiger charge is 2.09. The van der Waals surface area contributed by atoms with Crippen molar-refractivity contribution in [3.8, 4) is 0 Å². The summed E-state index contributed by atoms with van der Waals surface area (Å²) in [6, 6.07) is 0.109. The minimum Gasteiger partial charge on any atom is -0.466 e. The zero-order valence-corrected chi connectivity index (χ0v) is 12.0. The highest BCUT2D eigenvalue weighted by Crippen LogP contribution is 2.04. The molecule has 0 aliphatic heterocycles. The molecule has 6 heteroatoms. The molecule has 104 valence electrons. The molecular weight excluding hydrogens is 254 g/mol. The van der Waals surface area contributed by atoms with E-state index in [0.717, 1.165) is 0 Å². The van der Waals surface area contributed by atoms with Crippen LogP contribution >= 0.6 is 11.8 Å². The van der Waals surface area contributed by atoms with E-state index < -0.39 is 0 Å². The number of ketones is 1. The molecule has 0 aliphatic carbocycles. The monoisotopic (exact) mass is 275 g/mol. The minimum atomic E-state index is -0.353. The minimum absolute atomic E-state index is 0.0367. The largest absolute Gasteiger partial charge is 0.466 e. The highest BCUT2D eigenvalue weighted by molar-refractivity contribution is 8.00. The van der Waals surface area contributed by atoms with Crippen molar-refractivity contribution in [2.45, 2.75) is 39.7 Å². The number of esters is 1. The van der Waals surface area contributed by atoms with Crippen molar-refractivity contribution in [1.82, 2.24) is 5.32 Å². The maximum atomic E-state index is 11.4. The third-order valence-electron chi connectivity index (χ3n) is 1.86. The van der Waals surface area contributed by atoms with Gasteiger partial charge in [-0.05, 0) is 20.8 Å². The van der Waals surface area contributed by atoms with Gasteiger partial charge in [-0.1, -0.05) is 0 Å². The van der Waals surface area contributed by atoms with E-state index in [1.165, 1.54) is 11.8 Å². The van der Waals surface area contributed by atoms with E-state index in [9.17, 15) is 14.4 Å². The summed E-state index contributed by atoms with van der Waals surface area (Å²) in [7, 11) is 0. The van der Waals surface area contributed by atoms with Gasteiger partial charge < -0.3 is 10.1 Å². The lowest BCUT2D eigenvalue weighted by Gasteiger charge is -2.07. The topological polar surface area (TPSA) is 72.5 Å². The lowest BCUT2D eigenvalue weighted by Crippen LogP contribution is -2.31. The van der Waals surface area contributed by atoms with Gasteiger partial charge in [-0.15, -0.1) is 11.8 Å². The molecule has 0 saturated carbocycles. The van der Waals surface area contributed by atoms with Gasteiger partial charge in [-0.2, -0.15) is 0 Å². The Morgan fingerprint density at radius 2 is 1.83 bits per heavy atom. The Bertz CT molecular complexity index is 292. The molecule has 0 unspecified atom stereocenters. The van der Waals surface area contributed by atoms with Gasteiger partial charge in [0.15, 0.2) is 0 Å². The summed E-state index contributed by atoms with van der Waals surface area (Å²) in [6.07, 6.45) is 0.295. The van der Waals surface area contributed by atoms with Gasteiger partial charge in [0.2, 0.25) is 5.91 Å². The van der Waals surface area contributed by atoms with Crippen molar-refractivity contribution in [2.75, 3.05) is 18.1 Å². The van der Waals surface area contributed by atoms with Crippen molar-refractivity contribution in [1.29, 1.82) is 0 Å². The molecule has 0 aromatic rings. The first-order chi connectivity index (χ1) is 8.45. The number of hydrogen-bond donors (Lipinski definition) is 1. The summed E-state index contributed by atoms with van der Waals surface area (Å²) in [5.74, 6) is 0.0563. The van der Waals surface area contributed by atoms with Gasteiger partial charge in [-0.25, -0.2) is 0 Å². The molecule has 0 heterocycles. The molecule has 1 N–H and O–H groups in total. The second-order valence-electron chi connectivity index (χ2n) is 4.06. The molecule has 0 saturated heterocycles. The van der Waals surface area contributed by atoms with E-state index in [0.29, 0.717) is 6.61 Å². The summed E-state index contributed by atoms with van der Waals surface area (Å²) in [5, 5.41) is 2.74. The summed E-state index contributed by atoms with van der Waals surface area (Å²) in [4.78, 5) is 33.7. The van der Waals surface area contributed by atoms with Crippen LogP contribution in [0.4, 0.5) is 0 Å². The number of nitrogens with one attached hydrogen (secondary N) is 1. The standard InChI is InChI=1S/C12H21NO4S/c1-4-17-12(16)6-5-10(14)7-18-8-11(15)13-9(2)3/h9H,4-8H2,1-3H3,(H,13,15). The molecule has 0 fully saturated rings. The number of hydrogen-bond acceptors (Lipinski definition) is 5. The maximum absolute atomic E-state index is 11.4. The SMILES string of the molecule is CCOC(=O)CCC(=O)CSCC(=O)NC(C)C. The first kappa shape index (κ1) is 17.0. The molecule has 0 spiro atoms. The van der Waals surface area contributed by atoms with Crippen LogP contribution in [-0.4, -0.2) is 41.8 Å². The van der Waals surface area contributed by atoms with Gasteiger partial charge >= 0.3 is 5.97 Å². The summed E-state index contributed by atoms with van der Waals surface area (Å²) < 4.78 is 4.72. The molecular formula is C12H21NO4S. The van der Waals surface area contributed by atoms with Crippen LogP contribution < -0.4 is 5.32 Å². The van der Waals surface area contributed by atoms with E-state index in [2.05, 4.69) is 5.32 Å². The Hall–Kier alpha value is -1.04. The van der Waals surface area contributed by atoms with Crippen molar-refractivity contribution in [3.63, 3.8) is 0 Å². The van der Waals surface area contributed by atoms with Crippen molar-refractivity contribution in [3.05, 3.63) is 0 Å². The third kappa shape index (κ3) is 10.1. The zero-order chi connectivity index (χ0) is 14.0. The Morgan fingerprint density at radius 1 is 1.17 bits per heavy atom. The average molecular weight is 275 g/mol. The molecule has 0 bridgehead atoms. The molecule has 0 atom stereocenters. The van der Waals surface area contributed by atoms with E-state index in [-0.39, 0.29) is 48.0 Å². The average Bonchev–Trinajstić information content (AvgIpc) is 2.25. The Kier molecular flexibility index (Phi) is 9.36. The van der Waals surface area contributed by atoms with Gasteiger partial charge in [0.1, 0.15) is 5.78 Å². The number of carbonyl (C=O) groups excluding carboxylic acids is 3. The van der Waals surface area contributed by atoms with Crippen LogP contribution in [0.25, 0.3) is 0 Å². The Morgan fingerprint density at radius 3 is 2.39 bits per heavy atom. The second kappa shape index (κ2) is 9.94. The molecule has 18 heavy (non-hydrogen) atoms. The van der Waals surface area contributed by atoms with Crippen LogP contribution in [-0.2, 0) is 19.1 Å². The predicted octanol–water partition coefficient (Wildman–Crippen LogP) is 1.16. The van der Waals surface area contributed by atoms with Crippen LogP contribution in [0.5, 0.6) is 0 Å². The smallest absolute Gasteiger partial charge is 0.306 e. The Labute approximate surface area is 112 Å². The van der Waals surface area contributed by atoms with Gasteiger partial charge in [-0.3, -0.25) is 14.4 Å². The van der Waals surface area contributed by atoms with Crippen LogP contribution in [0.15, 0.2) is 0 Å². The predicted molar refractivity (Wildman–Crippen MR) is 71.5 cm³/mol. The lowest BCUT2D eigenvalue weighted by atomic mass is 10.2. The molecule has 0 aromatic heterocycles. The van der Waals surface area contributed by atoms with Gasteiger partial charge in [0.25, 0.3) is 0 Å². The molecule has 1 amide bonds. The quantitative estimate of drug-likeness (QED) is 0.639. The van der Waals surface area contributed by atoms with Crippen LogP contribution in [0.2, 0.25) is 0 Å². The molecule has 0 radical (unpaired) electrons. The normalized spacial score (nSPS) is 10.2. The third-order valence-corrected chi connectivity index (χ3v) is 2.85. The van der Waals surface area contributed by atoms with Crippen molar-refractivity contribution in [2.24, 2.45) is 0 Å².